The van der Waals surface area contributed by atoms with Gasteiger partial charge in [0.05, 0.1) is 16.6 Å². The molecule has 8 heteroatoms. The van der Waals surface area contributed by atoms with Crippen molar-refractivity contribution in [2.75, 3.05) is 37.0 Å². The van der Waals surface area contributed by atoms with E-state index in [0.29, 0.717) is 26.2 Å². The molecule has 0 bridgehead atoms. The number of carbonyl (C=O) groups is 1. The van der Waals surface area contributed by atoms with Gasteiger partial charge in [0.2, 0.25) is 5.91 Å². The summed E-state index contributed by atoms with van der Waals surface area (Å²) >= 11 is 0. The summed E-state index contributed by atoms with van der Waals surface area (Å²) in [5, 5.41) is 0. The van der Waals surface area contributed by atoms with Crippen LogP contribution in [0.1, 0.15) is 17.2 Å². The highest BCUT2D eigenvalue weighted by Gasteiger charge is 2.32. The third-order valence-corrected chi connectivity index (χ3v) is 8.78. The molecule has 4 aromatic carbocycles. The van der Waals surface area contributed by atoms with Crippen molar-refractivity contribution in [3.8, 4) is 0 Å². The number of anilines is 1. The van der Waals surface area contributed by atoms with Crippen molar-refractivity contribution in [3.63, 3.8) is 0 Å². The maximum absolute atomic E-state index is 13.6. The Balaban J connectivity index is 1.34. The summed E-state index contributed by atoms with van der Waals surface area (Å²) in [6.07, 6.45) is 0. The first-order valence-corrected chi connectivity index (χ1v) is 14.3. The molecule has 1 aliphatic rings. The molecule has 1 heterocycles. The van der Waals surface area contributed by atoms with Gasteiger partial charge in [-0.15, -0.1) is 0 Å². The second-order valence-electron chi connectivity index (χ2n) is 9.44. The zero-order chi connectivity index (χ0) is 27.2. The van der Waals surface area contributed by atoms with Crippen LogP contribution in [0.25, 0.3) is 0 Å². The monoisotopic (exact) mass is 543 g/mol. The molecule has 0 radical (unpaired) electrons. The molecule has 1 saturated heterocycles. The Morgan fingerprint density at radius 3 is 1.72 bits per heavy atom. The summed E-state index contributed by atoms with van der Waals surface area (Å²) in [6.45, 7) is 1.85. The summed E-state index contributed by atoms with van der Waals surface area (Å²) in [7, 11) is -4.04. The van der Waals surface area contributed by atoms with Crippen molar-refractivity contribution >= 4 is 21.6 Å². The summed E-state index contributed by atoms with van der Waals surface area (Å²) in [5.41, 5.74) is 2.60. The fourth-order valence-corrected chi connectivity index (χ4v) is 6.41. The molecule has 0 aliphatic carbocycles. The summed E-state index contributed by atoms with van der Waals surface area (Å²) < 4.78 is 41.8. The third kappa shape index (κ3) is 6.02. The molecule has 39 heavy (non-hydrogen) atoms. The number of nitrogens with zero attached hydrogens (tertiary/aromatic N) is 3. The topological polar surface area (TPSA) is 60.9 Å². The van der Waals surface area contributed by atoms with E-state index in [0.717, 1.165) is 4.31 Å². The van der Waals surface area contributed by atoms with Crippen LogP contribution < -0.4 is 4.31 Å². The molecule has 0 N–H and O–H groups in total. The van der Waals surface area contributed by atoms with Gasteiger partial charge in [-0.1, -0.05) is 78.9 Å². The van der Waals surface area contributed by atoms with Crippen LogP contribution in [0.2, 0.25) is 0 Å². The van der Waals surface area contributed by atoms with Crippen LogP contribution in [0.3, 0.4) is 0 Å². The van der Waals surface area contributed by atoms with Crippen LogP contribution in [0, 0.1) is 5.82 Å². The maximum Gasteiger partial charge on any atom is 0.264 e. The smallest absolute Gasteiger partial charge is 0.264 e. The SMILES string of the molecule is O=C(CN(c1ccc(F)cc1)S(=O)(=O)c1ccccc1)N1CCN(C(c2ccccc2)c2ccccc2)CC1. The van der Waals surface area contributed by atoms with E-state index in [1.54, 1.807) is 23.1 Å². The number of carbonyl (C=O) groups excluding carboxylic acids is 1. The highest BCUT2D eigenvalue weighted by molar-refractivity contribution is 7.92. The number of hydrogen-bond donors (Lipinski definition) is 0. The Labute approximate surface area is 229 Å². The van der Waals surface area contributed by atoms with E-state index in [1.165, 1.54) is 47.5 Å². The van der Waals surface area contributed by atoms with Crippen LogP contribution in [0.5, 0.6) is 0 Å². The second kappa shape index (κ2) is 11.8. The van der Waals surface area contributed by atoms with Crippen molar-refractivity contribution in [1.82, 2.24) is 9.80 Å². The summed E-state index contributed by atoms with van der Waals surface area (Å²) in [6, 6.07) is 33.7. The fraction of sp³-hybridized carbons (Fsp3) is 0.194. The van der Waals surface area contributed by atoms with E-state index in [2.05, 4.69) is 29.2 Å². The lowest BCUT2D eigenvalue weighted by Gasteiger charge is -2.40. The van der Waals surface area contributed by atoms with E-state index in [9.17, 15) is 17.6 Å². The van der Waals surface area contributed by atoms with Crippen LogP contribution in [0.15, 0.2) is 120 Å². The average Bonchev–Trinajstić information content (AvgIpc) is 2.98. The molecule has 1 fully saturated rings. The van der Waals surface area contributed by atoms with E-state index >= 15 is 0 Å². The number of amides is 1. The molecular formula is C31H30FN3O3S. The molecule has 0 saturated carbocycles. The number of rotatable bonds is 8. The minimum absolute atomic E-state index is 0.0545. The number of halogens is 1. The van der Waals surface area contributed by atoms with Gasteiger partial charge in [-0.05, 0) is 47.5 Å². The number of sulfonamides is 1. The number of piperazine rings is 1. The van der Waals surface area contributed by atoms with Crippen molar-refractivity contribution in [2.45, 2.75) is 10.9 Å². The summed E-state index contributed by atoms with van der Waals surface area (Å²) in [5.74, 6) is -0.779. The van der Waals surface area contributed by atoms with Crippen molar-refractivity contribution in [1.29, 1.82) is 0 Å². The zero-order valence-electron chi connectivity index (χ0n) is 21.4. The molecular weight excluding hydrogens is 513 g/mol. The minimum Gasteiger partial charge on any atom is -0.339 e. The fourth-order valence-electron chi connectivity index (χ4n) is 4.98. The van der Waals surface area contributed by atoms with E-state index in [1.807, 2.05) is 36.4 Å². The zero-order valence-corrected chi connectivity index (χ0v) is 22.3. The lowest BCUT2D eigenvalue weighted by molar-refractivity contribution is -0.131. The van der Waals surface area contributed by atoms with E-state index in [-0.39, 0.29) is 29.1 Å². The van der Waals surface area contributed by atoms with Gasteiger partial charge in [0.15, 0.2) is 0 Å². The second-order valence-corrected chi connectivity index (χ2v) is 11.3. The Bertz CT molecular complexity index is 1440. The van der Waals surface area contributed by atoms with Crippen LogP contribution in [0.4, 0.5) is 10.1 Å². The van der Waals surface area contributed by atoms with Gasteiger partial charge in [0.25, 0.3) is 10.0 Å². The largest absolute Gasteiger partial charge is 0.339 e. The molecule has 0 atom stereocenters. The predicted octanol–water partition coefficient (Wildman–Crippen LogP) is 4.95. The third-order valence-electron chi connectivity index (χ3n) is 6.99. The average molecular weight is 544 g/mol. The van der Waals surface area contributed by atoms with Gasteiger partial charge in [-0.2, -0.15) is 0 Å². The van der Waals surface area contributed by atoms with Gasteiger partial charge in [0.1, 0.15) is 12.4 Å². The van der Waals surface area contributed by atoms with Crippen LogP contribution >= 0.6 is 0 Å². The molecule has 0 spiro atoms. The standard InChI is InChI=1S/C31H30FN3O3S/c32-27-16-18-28(19-17-27)35(39(37,38)29-14-8-3-9-15-29)24-30(36)33-20-22-34(23-21-33)31(25-10-4-1-5-11-25)26-12-6-2-7-13-26/h1-19,31H,20-24H2. The highest BCUT2D eigenvalue weighted by Crippen LogP contribution is 2.30. The number of benzene rings is 4. The van der Waals surface area contributed by atoms with Gasteiger partial charge in [0, 0.05) is 26.2 Å². The van der Waals surface area contributed by atoms with Crippen LogP contribution in [-0.2, 0) is 14.8 Å². The Kier molecular flexibility index (Phi) is 8.05. The van der Waals surface area contributed by atoms with E-state index in [4.69, 9.17) is 0 Å². The first kappa shape index (κ1) is 26.6. The number of hydrogen-bond acceptors (Lipinski definition) is 4. The van der Waals surface area contributed by atoms with Crippen molar-refractivity contribution < 1.29 is 17.6 Å². The minimum atomic E-state index is -4.04. The van der Waals surface area contributed by atoms with E-state index < -0.39 is 15.8 Å². The first-order valence-electron chi connectivity index (χ1n) is 12.9. The molecule has 5 rings (SSSR count). The van der Waals surface area contributed by atoms with Gasteiger partial charge < -0.3 is 4.90 Å². The first-order chi connectivity index (χ1) is 18.9. The lowest BCUT2D eigenvalue weighted by atomic mass is 9.96. The molecule has 6 nitrogen and oxygen atoms in total. The maximum atomic E-state index is 13.6. The lowest BCUT2D eigenvalue weighted by Crippen LogP contribution is -2.52. The molecule has 200 valence electrons. The van der Waals surface area contributed by atoms with Crippen LogP contribution in [-0.4, -0.2) is 56.8 Å². The Morgan fingerprint density at radius 2 is 1.21 bits per heavy atom. The molecule has 1 aliphatic heterocycles. The molecule has 0 aromatic heterocycles. The molecule has 4 aromatic rings. The van der Waals surface area contributed by atoms with Gasteiger partial charge in [-0.25, -0.2) is 12.8 Å². The van der Waals surface area contributed by atoms with Gasteiger partial charge in [-0.3, -0.25) is 14.0 Å². The molecule has 1 amide bonds. The van der Waals surface area contributed by atoms with Gasteiger partial charge >= 0.3 is 0 Å². The molecule has 0 unspecified atom stereocenters. The Morgan fingerprint density at radius 1 is 0.718 bits per heavy atom. The highest BCUT2D eigenvalue weighted by atomic mass is 32.2. The van der Waals surface area contributed by atoms with Crippen molar-refractivity contribution in [2.24, 2.45) is 0 Å². The normalized spacial score (nSPS) is 14.4. The Hall–Kier alpha value is -4.01. The quantitative estimate of drug-likeness (QED) is 0.315. The van der Waals surface area contributed by atoms with Crippen molar-refractivity contribution in [3.05, 3.63) is 132 Å². The predicted molar refractivity (Wildman–Crippen MR) is 150 cm³/mol. The summed E-state index contributed by atoms with van der Waals surface area (Å²) in [4.78, 5) is 17.6.